The maximum absolute atomic E-state index is 13.3. The molecule has 2 saturated heterocycles. The van der Waals surface area contributed by atoms with Crippen LogP contribution in [0.25, 0.3) is 0 Å². The number of benzene rings is 1. The number of hydrogen-bond acceptors (Lipinski definition) is 6. The van der Waals surface area contributed by atoms with Gasteiger partial charge in [0.05, 0.1) is 19.5 Å². The van der Waals surface area contributed by atoms with Crippen LogP contribution in [0.5, 0.6) is 5.75 Å². The van der Waals surface area contributed by atoms with Crippen LogP contribution in [-0.2, 0) is 14.8 Å². The minimum atomic E-state index is -3.16. The molecule has 1 atom stereocenters. The molecule has 0 saturated carbocycles. The van der Waals surface area contributed by atoms with Gasteiger partial charge in [-0.05, 0) is 25.0 Å². The average molecular weight is 402 g/mol. The molecule has 0 amide bonds. The first-order valence-corrected chi connectivity index (χ1v) is 11.0. The fourth-order valence-electron chi connectivity index (χ4n) is 3.66. The lowest BCUT2D eigenvalue weighted by molar-refractivity contribution is -0.0684. The molecule has 0 bridgehead atoms. The first kappa shape index (κ1) is 20.5. The van der Waals surface area contributed by atoms with E-state index in [9.17, 15) is 17.9 Å². The minimum absolute atomic E-state index is 0.00482. The monoisotopic (exact) mass is 402 g/mol. The molecule has 27 heavy (non-hydrogen) atoms. The molecule has 0 radical (unpaired) electrons. The van der Waals surface area contributed by atoms with Crippen LogP contribution in [0.2, 0.25) is 0 Å². The van der Waals surface area contributed by atoms with Crippen LogP contribution in [0.1, 0.15) is 12.8 Å². The highest BCUT2D eigenvalue weighted by molar-refractivity contribution is 7.88. The summed E-state index contributed by atoms with van der Waals surface area (Å²) in [5, 5.41) is 11.0. The van der Waals surface area contributed by atoms with Crippen molar-refractivity contribution in [1.29, 1.82) is 0 Å². The lowest BCUT2D eigenvalue weighted by Gasteiger charge is -2.39. The van der Waals surface area contributed by atoms with E-state index >= 15 is 0 Å². The molecule has 0 unspecified atom stereocenters. The Kier molecular flexibility index (Phi) is 6.37. The Bertz CT molecular complexity index is 739. The lowest BCUT2D eigenvalue weighted by Crippen LogP contribution is -2.53. The molecule has 2 heterocycles. The van der Waals surface area contributed by atoms with E-state index in [4.69, 9.17) is 9.47 Å². The third-order valence-corrected chi connectivity index (χ3v) is 6.41. The van der Waals surface area contributed by atoms with Gasteiger partial charge in [0.15, 0.2) is 0 Å². The van der Waals surface area contributed by atoms with Gasteiger partial charge in [0.25, 0.3) is 0 Å². The number of sulfonamides is 1. The van der Waals surface area contributed by atoms with E-state index in [0.717, 1.165) is 0 Å². The molecule has 0 aliphatic carbocycles. The highest BCUT2D eigenvalue weighted by Crippen LogP contribution is 2.23. The van der Waals surface area contributed by atoms with Crippen LogP contribution in [0, 0.1) is 5.82 Å². The van der Waals surface area contributed by atoms with Gasteiger partial charge in [-0.25, -0.2) is 17.1 Å². The topological polar surface area (TPSA) is 79.3 Å². The van der Waals surface area contributed by atoms with Gasteiger partial charge in [0, 0.05) is 38.3 Å². The highest BCUT2D eigenvalue weighted by Gasteiger charge is 2.37. The van der Waals surface area contributed by atoms with Crippen LogP contribution < -0.4 is 4.74 Å². The van der Waals surface area contributed by atoms with E-state index in [1.54, 1.807) is 12.1 Å². The van der Waals surface area contributed by atoms with Gasteiger partial charge in [0.1, 0.15) is 23.8 Å². The van der Waals surface area contributed by atoms with Crippen molar-refractivity contribution in [2.24, 2.45) is 0 Å². The zero-order valence-electron chi connectivity index (χ0n) is 15.5. The van der Waals surface area contributed by atoms with Gasteiger partial charge < -0.3 is 14.6 Å². The number of hydrogen-bond donors (Lipinski definition) is 1. The third kappa shape index (κ3) is 5.61. The summed E-state index contributed by atoms with van der Waals surface area (Å²) in [6.45, 7) is 2.64. The minimum Gasteiger partial charge on any atom is -0.490 e. The molecule has 3 rings (SSSR count). The summed E-state index contributed by atoms with van der Waals surface area (Å²) < 4.78 is 49.3. The fourth-order valence-corrected chi connectivity index (χ4v) is 4.53. The zero-order chi connectivity index (χ0) is 19.5. The summed E-state index contributed by atoms with van der Waals surface area (Å²) in [6, 6.07) is 5.99. The maximum atomic E-state index is 13.3. The molecule has 1 aromatic rings. The molecule has 1 N–H and O–H groups in total. The van der Waals surface area contributed by atoms with E-state index in [0.29, 0.717) is 51.4 Å². The van der Waals surface area contributed by atoms with Crippen molar-refractivity contribution >= 4 is 10.0 Å². The number of β-amino-alcohol motifs (C(OH)–C–C–N with tert-alkyl or cyclic N) is 1. The smallest absolute Gasteiger partial charge is 0.211 e. The summed E-state index contributed by atoms with van der Waals surface area (Å²) in [5.41, 5.74) is -1.21. The SMILES string of the molecule is CS(=O)(=O)N1CCC(N2CCOC[C@@](O)(COc3cccc(F)c3)C2)CC1. The average Bonchev–Trinajstić information content (AvgIpc) is 2.82. The van der Waals surface area contributed by atoms with Crippen LogP contribution in [0.4, 0.5) is 4.39 Å². The standard InChI is InChI=1S/C18H27FN2O5S/c1-27(23,24)21-7-5-16(6-8-21)20-9-10-25-13-18(22,12-20)14-26-17-4-2-3-15(19)11-17/h2-4,11,16,22H,5-10,12-14H2,1H3/t18-/m1/s1. The van der Waals surface area contributed by atoms with Crippen molar-refractivity contribution in [1.82, 2.24) is 9.21 Å². The maximum Gasteiger partial charge on any atom is 0.211 e. The van der Waals surface area contributed by atoms with Crippen molar-refractivity contribution in [3.63, 3.8) is 0 Å². The van der Waals surface area contributed by atoms with Crippen molar-refractivity contribution in [2.75, 3.05) is 52.3 Å². The van der Waals surface area contributed by atoms with Gasteiger partial charge >= 0.3 is 0 Å². The number of nitrogens with zero attached hydrogens (tertiary/aromatic N) is 2. The van der Waals surface area contributed by atoms with Crippen LogP contribution in [-0.4, -0.2) is 86.6 Å². The van der Waals surface area contributed by atoms with Crippen LogP contribution in [0.15, 0.2) is 24.3 Å². The van der Waals surface area contributed by atoms with E-state index in [1.807, 2.05) is 0 Å². The molecule has 2 aliphatic rings. The normalized spacial score (nSPS) is 26.6. The van der Waals surface area contributed by atoms with Gasteiger partial charge in [0.2, 0.25) is 10.0 Å². The number of aliphatic hydroxyl groups is 1. The second-order valence-electron chi connectivity index (χ2n) is 7.39. The number of halogens is 1. The summed E-state index contributed by atoms with van der Waals surface area (Å²) >= 11 is 0. The van der Waals surface area contributed by atoms with E-state index in [2.05, 4.69) is 4.90 Å². The van der Waals surface area contributed by atoms with Crippen molar-refractivity contribution in [3.8, 4) is 5.75 Å². The largest absolute Gasteiger partial charge is 0.490 e. The lowest BCUT2D eigenvalue weighted by atomic mass is 10.0. The first-order chi connectivity index (χ1) is 12.8. The van der Waals surface area contributed by atoms with Crippen molar-refractivity contribution in [2.45, 2.75) is 24.5 Å². The van der Waals surface area contributed by atoms with Gasteiger partial charge in [-0.15, -0.1) is 0 Å². The van der Waals surface area contributed by atoms with Gasteiger partial charge in [-0.3, -0.25) is 4.90 Å². The molecule has 0 spiro atoms. The Balaban J connectivity index is 1.59. The van der Waals surface area contributed by atoms with Crippen LogP contribution >= 0.6 is 0 Å². The number of ether oxygens (including phenoxy) is 2. The summed E-state index contributed by atoms with van der Waals surface area (Å²) in [5.74, 6) is -0.0310. The Labute approximate surface area is 159 Å². The first-order valence-electron chi connectivity index (χ1n) is 9.13. The molecular formula is C18H27FN2O5S. The predicted molar refractivity (Wildman–Crippen MR) is 98.7 cm³/mol. The molecule has 2 fully saturated rings. The van der Waals surface area contributed by atoms with E-state index in [-0.39, 0.29) is 19.3 Å². The quantitative estimate of drug-likeness (QED) is 0.781. The second-order valence-corrected chi connectivity index (χ2v) is 9.37. The van der Waals surface area contributed by atoms with Crippen molar-refractivity contribution < 1.29 is 27.4 Å². The highest BCUT2D eigenvalue weighted by atomic mass is 32.2. The summed E-state index contributed by atoms with van der Waals surface area (Å²) in [4.78, 5) is 2.15. The Morgan fingerprint density at radius 1 is 1.33 bits per heavy atom. The molecule has 7 nitrogen and oxygen atoms in total. The Hall–Kier alpha value is -1.26. The molecule has 0 aromatic heterocycles. The number of piperidine rings is 1. The molecule has 9 heteroatoms. The second kappa shape index (κ2) is 8.40. The molecule has 2 aliphatic heterocycles. The zero-order valence-corrected chi connectivity index (χ0v) is 16.3. The third-order valence-electron chi connectivity index (χ3n) is 5.10. The Morgan fingerprint density at radius 2 is 2.07 bits per heavy atom. The fraction of sp³-hybridized carbons (Fsp3) is 0.667. The van der Waals surface area contributed by atoms with Crippen molar-refractivity contribution in [3.05, 3.63) is 30.1 Å². The van der Waals surface area contributed by atoms with Crippen LogP contribution in [0.3, 0.4) is 0 Å². The summed E-state index contributed by atoms with van der Waals surface area (Å²) in [7, 11) is -3.16. The molecule has 152 valence electrons. The Morgan fingerprint density at radius 3 is 2.74 bits per heavy atom. The summed E-state index contributed by atoms with van der Waals surface area (Å²) in [6.07, 6.45) is 2.66. The van der Waals surface area contributed by atoms with Gasteiger partial charge in [-0.1, -0.05) is 6.07 Å². The number of rotatable bonds is 5. The van der Waals surface area contributed by atoms with Gasteiger partial charge in [-0.2, -0.15) is 0 Å². The molecular weight excluding hydrogens is 375 g/mol. The predicted octanol–water partition coefficient (Wildman–Crippen LogP) is 0.692. The van der Waals surface area contributed by atoms with E-state index < -0.39 is 21.4 Å². The molecule has 1 aromatic carbocycles. The van der Waals surface area contributed by atoms with E-state index in [1.165, 1.54) is 22.7 Å².